The average Bonchev–Trinajstić information content (AvgIpc) is 2.35. The summed E-state index contributed by atoms with van der Waals surface area (Å²) in [5.41, 5.74) is 0.757. The Kier molecular flexibility index (Phi) is 5.45. The fourth-order valence-electron chi connectivity index (χ4n) is 1.45. The van der Waals surface area contributed by atoms with E-state index in [4.69, 9.17) is 16.7 Å². The number of carbonyl (C=O) groups is 1. The Morgan fingerprint density at radius 3 is 2.41 bits per heavy atom. The summed E-state index contributed by atoms with van der Waals surface area (Å²) >= 11 is 6.07. The SMILES string of the molecule is CC(C)C(CO)NC(=O)C(Cl)c1ccccc1. The lowest BCUT2D eigenvalue weighted by Crippen LogP contribution is -2.42. The highest BCUT2D eigenvalue weighted by atomic mass is 35.5. The van der Waals surface area contributed by atoms with Gasteiger partial charge in [0.05, 0.1) is 12.6 Å². The molecule has 1 rings (SSSR count). The molecule has 0 aliphatic rings. The fraction of sp³-hybridized carbons (Fsp3) is 0.462. The van der Waals surface area contributed by atoms with Crippen LogP contribution in [-0.4, -0.2) is 23.7 Å². The molecule has 0 saturated heterocycles. The first-order valence-electron chi connectivity index (χ1n) is 5.66. The third-order valence-electron chi connectivity index (χ3n) is 2.65. The number of alkyl halides is 1. The number of nitrogens with one attached hydrogen (secondary N) is 1. The molecule has 0 aromatic heterocycles. The second-order valence-corrected chi connectivity index (χ2v) is 4.75. The first-order chi connectivity index (χ1) is 8.06. The van der Waals surface area contributed by atoms with Gasteiger partial charge in [-0.25, -0.2) is 0 Å². The van der Waals surface area contributed by atoms with Gasteiger partial charge in [-0.1, -0.05) is 44.2 Å². The summed E-state index contributed by atoms with van der Waals surface area (Å²) in [7, 11) is 0. The summed E-state index contributed by atoms with van der Waals surface area (Å²) in [5.74, 6) is -0.103. The number of hydrogen-bond acceptors (Lipinski definition) is 2. The predicted molar refractivity (Wildman–Crippen MR) is 68.9 cm³/mol. The molecule has 2 unspecified atom stereocenters. The zero-order valence-corrected chi connectivity index (χ0v) is 10.8. The van der Waals surface area contributed by atoms with Gasteiger partial charge >= 0.3 is 0 Å². The Morgan fingerprint density at radius 1 is 1.35 bits per heavy atom. The molecule has 0 aliphatic carbocycles. The van der Waals surface area contributed by atoms with Gasteiger partial charge in [-0.3, -0.25) is 4.79 Å². The van der Waals surface area contributed by atoms with E-state index in [9.17, 15) is 4.79 Å². The largest absolute Gasteiger partial charge is 0.394 e. The van der Waals surface area contributed by atoms with Crippen LogP contribution in [0.5, 0.6) is 0 Å². The lowest BCUT2D eigenvalue weighted by molar-refractivity contribution is -0.122. The monoisotopic (exact) mass is 255 g/mol. The van der Waals surface area contributed by atoms with Gasteiger partial charge in [0.2, 0.25) is 5.91 Å². The molecule has 94 valence electrons. The van der Waals surface area contributed by atoms with E-state index < -0.39 is 5.38 Å². The van der Waals surface area contributed by atoms with Crippen molar-refractivity contribution < 1.29 is 9.90 Å². The van der Waals surface area contributed by atoms with Crippen LogP contribution in [0.3, 0.4) is 0 Å². The van der Waals surface area contributed by atoms with Crippen molar-refractivity contribution in [1.29, 1.82) is 0 Å². The Hall–Kier alpha value is -1.06. The van der Waals surface area contributed by atoms with E-state index in [0.29, 0.717) is 0 Å². The van der Waals surface area contributed by atoms with E-state index in [2.05, 4.69) is 5.32 Å². The van der Waals surface area contributed by atoms with Crippen LogP contribution >= 0.6 is 11.6 Å². The topological polar surface area (TPSA) is 49.3 Å². The van der Waals surface area contributed by atoms with E-state index in [-0.39, 0.29) is 24.5 Å². The Morgan fingerprint density at radius 2 is 1.94 bits per heavy atom. The van der Waals surface area contributed by atoms with Gasteiger partial charge < -0.3 is 10.4 Å². The predicted octanol–water partition coefficient (Wildman–Crippen LogP) is 2.10. The number of halogens is 1. The number of carbonyl (C=O) groups excluding carboxylic acids is 1. The van der Waals surface area contributed by atoms with Crippen molar-refractivity contribution in [2.45, 2.75) is 25.3 Å². The molecule has 2 N–H and O–H groups in total. The summed E-state index contributed by atoms with van der Waals surface area (Å²) < 4.78 is 0. The van der Waals surface area contributed by atoms with E-state index in [1.165, 1.54) is 0 Å². The average molecular weight is 256 g/mol. The molecular formula is C13H18ClNO2. The maximum atomic E-state index is 11.9. The smallest absolute Gasteiger partial charge is 0.242 e. The first-order valence-corrected chi connectivity index (χ1v) is 6.10. The van der Waals surface area contributed by atoms with Gasteiger partial charge in [0.15, 0.2) is 0 Å². The lowest BCUT2D eigenvalue weighted by Gasteiger charge is -2.21. The van der Waals surface area contributed by atoms with Crippen LogP contribution in [0.25, 0.3) is 0 Å². The molecule has 3 nitrogen and oxygen atoms in total. The molecular weight excluding hydrogens is 238 g/mol. The molecule has 0 radical (unpaired) electrons. The molecule has 0 heterocycles. The fourth-order valence-corrected chi connectivity index (χ4v) is 1.66. The van der Waals surface area contributed by atoms with Gasteiger partial charge in [0.25, 0.3) is 0 Å². The number of aliphatic hydroxyl groups excluding tert-OH is 1. The standard InChI is InChI=1S/C13H18ClNO2/c1-9(2)11(8-16)15-13(17)12(14)10-6-4-3-5-7-10/h3-7,9,11-12,16H,8H2,1-2H3,(H,15,17). The normalized spacial score (nSPS) is 14.4. The minimum absolute atomic E-state index is 0.0815. The summed E-state index contributed by atoms with van der Waals surface area (Å²) in [6.07, 6.45) is 0. The summed E-state index contributed by atoms with van der Waals surface area (Å²) in [6.45, 7) is 3.79. The molecule has 1 aromatic carbocycles. The van der Waals surface area contributed by atoms with Crippen LogP contribution in [0, 0.1) is 5.92 Å². The van der Waals surface area contributed by atoms with Crippen LogP contribution in [0.15, 0.2) is 30.3 Å². The van der Waals surface area contributed by atoms with Gasteiger partial charge in [-0.2, -0.15) is 0 Å². The van der Waals surface area contributed by atoms with Crippen molar-refractivity contribution in [2.24, 2.45) is 5.92 Å². The Bertz CT molecular complexity index is 354. The highest BCUT2D eigenvalue weighted by molar-refractivity contribution is 6.30. The molecule has 0 aliphatic heterocycles. The van der Waals surface area contributed by atoms with Gasteiger partial charge in [0.1, 0.15) is 5.38 Å². The molecule has 0 saturated carbocycles. The third kappa shape index (κ3) is 4.02. The number of aliphatic hydroxyl groups is 1. The summed E-state index contributed by atoms with van der Waals surface area (Å²) in [4.78, 5) is 11.9. The van der Waals surface area contributed by atoms with Gasteiger partial charge in [-0.15, -0.1) is 11.6 Å². The van der Waals surface area contributed by atoms with Crippen LogP contribution < -0.4 is 5.32 Å². The second-order valence-electron chi connectivity index (χ2n) is 4.31. The number of benzene rings is 1. The molecule has 4 heteroatoms. The number of amides is 1. The Balaban J connectivity index is 2.64. The number of hydrogen-bond donors (Lipinski definition) is 2. The van der Waals surface area contributed by atoms with E-state index in [0.717, 1.165) is 5.56 Å². The quantitative estimate of drug-likeness (QED) is 0.792. The number of rotatable bonds is 5. The van der Waals surface area contributed by atoms with Crippen LogP contribution in [0.2, 0.25) is 0 Å². The third-order valence-corrected chi connectivity index (χ3v) is 3.10. The minimum Gasteiger partial charge on any atom is -0.394 e. The van der Waals surface area contributed by atoms with Crippen molar-refractivity contribution in [3.63, 3.8) is 0 Å². The van der Waals surface area contributed by atoms with Crippen LogP contribution in [0.1, 0.15) is 24.8 Å². The zero-order valence-electron chi connectivity index (χ0n) is 10.1. The molecule has 1 amide bonds. The highest BCUT2D eigenvalue weighted by Gasteiger charge is 2.21. The highest BCUT2D eigenvalue weighted by Crippen LogP contribution is 2.20. The van der Waals surface area contributed by atoms with Gasteiger partial charge in [-0.05, 0) is 11.5 Å². The van der Waals surface area contributed by atoms with Crippen molar-refractivity contribution in [3.05, 3.63) is 35.9 Å². The summed E-state index contributed by atoms with van der Waals surface area (Å²) in [6, 6.07) is 8.90. The van der Waals surface area contributed by atoms with E-state index >= 15 is 0 Å². The molecule has 0 spiro atoms. The van der Waals surface area contributed by atoms with Crippen LogP contribution in [-0.2, 0) is 4.79 Å². The van der Waals surface area contributed by atoms with E-state index in [1.807, 2.05) is 32.0 Å². The summed E-state index contributed by atoms with van der Waals surface area (Å²) in [5, 5.41) is 11.2. The Labute approximate surface area is 107 Å². The van der Waals surface area contributed by atoms with Crippen molar-refractivity contribution in [3.8, 4) is 0 Å². The zero-order chi connectivity index (χ0) is 12.8. The van der Waals surface area contributed by atoms with Crippen molar-refractivity contribution in [1.82, 2.24) is 5.32 Å². The maximum Gasteiger partial charge on any atom is 0.242 e. The van der Waals surface area contributed by atoms with Crippen molar-refractivity contribution >= 4 is 17.5 Å². The molecule has 1 aromatic rings. The molecule has 0 bridgehead atoms. The molecule has 2 atom stereocenters. The maximum absolute atomic E-state index is 11.9. The van der Waals surface area contributed by atoms with E-state index in [1.54, 1.807) is 12.1 Å². The van der Waals surface area contributed by atoms with Gasteiger partial charge in [0, 0.05) is 0 Å². The van der Waals surface area contributed by atoms with Crippen LogP contribution in [0.4, 0.5) is 0 Å². The second kappa shape index (κ2) is 6.62. The molecule has 0 fully saturated rings. The first kappa shape index (κ1) is 14.0. The minimum atomic E-state index is -0.719. The van der Waals surface area contributed by atoms with Crippen molar-refractivity contribution in [2.75, 3.05) is 6.61 Å². The lowest BCUT2D eigenvalue weighted by atomic mass is 10.0. The molecule has 17 heavy (non-hydrogen) atoms.